The number of Topliss-reactive ketones (excluding diaryl/α,β-unsaturated/α-hetero) is 1. The zero-order chi connectivity index (χ0) is 21.4. The SMILES string of the molecule is COC(=O)c1ccc(C)c(NC(=O)COC(=O)COc2cccc(C(C)=O)c2)c1. The molecule has 2 aromatic carbocycles. The molecule has 0 bridgehead atoms. The Morgan fingerprint density at radius 1 is 0.966 bits per heavy atom. The lowest BCUT2D eigenvalue weighted by atomic mass is 10.1. The van der Waals surface area contributed by atoms with E-state index in [0.29, 0.717) is 17.0 Å². The first kappa shape index (κ1) is 21.6. The van der Waals surface area contributed by atoms with Gasteiger partial charge in [-0.15, -0.1) is 0 Å². The van der Waals surface area contributed by atoms with Crippen LogP contribution in [0.3, 0.4) is 0 Å². The molecule has 0 heterocycles. The topological polar surface area (TPSA) is 108 Å². The van der Waals surface area contributed by atoms with Gasteiger partial charge in [0.25, 0.3) is 5.91 Å². The van der Waals surface area contributed by atoms with E-state index in [1.165, 1.54) is 26.2 Å². The zero-order valence-corrected chi connectivity index (χ0v) is 16.3. The first-order chi connectivity index (χ1) is 13.8. The van der Waals surface area contributed by atoms with Gasteiger partial charge in [-0.1, -0.05) is 18.2 Å². The number of benzene rings is 2. The smallest absolute Gasteiger partial charge is 0.344 e. The number of hydrogen-bond donors (Lipinski definition) is 1. The molecule has 8 heteroatoms. The number of rotatable bonds is 8. The van der Waals surface area contributed by atoms with Gasteiger partial charge in [0.15, 0.2) is 19.0 Å². The van der Waals surface area contributed by atoms with Crippen molar-refractivity contribution in [3.8, 4) is 5.75 Å². The number of hydrogen-bond acceptors (Lipinski definition) is 7. The number of ketones is 1. The maximum Gasteiger partial charge on any atom is 0.344 e. The maximum absolute atomic E-state index is 12.0. The van der Waals surface area contributed by atoms with E-state index in [-0.39, 0.29) is 11.3 Å². The van der Waals surface area contributed by atoms with Crippen molar-refractivity contribution >= 4 is 29.3 Å². The fourth-order valence-electron chi connectivity index (χ4n) is 2.32. The summed E-state index contributed by atoms with van der Waals surface area (Å²) in [6.07, 6.45) is 0. The molecular weight excluding hydrogens is 378 g/mol. The van der Waals surface area contributed by atoms with E-state index in [4.69, 9.17) is 9.47 Å². The summed E-state index contributed by atoms with van der Waals surface area (Å²) >= 11 is 0. The molecule has 152 valence electrons. The third-order valence-electron chi connectivity index (χ3n) is 3.89. The van der Waals surface area contributed by atoms with Crippen LogP contribution >= 0.6 is 0 Å². The Kier molecular flexibility index (Phi) is 7.47. The third-order valence-corrected chi connectivity index (χ3v) is 3.89. The number of ether oxygens (including phenoxy) is 3. The van der Waals surface area contributed by atoms with Crippen LogP contribution in [0, 0.1) is 6.92 Å². The summed E-state index contributed by atoms with van der Waals surface area (Å²) in [5, 5.41) is 2.58. The van der Waals surface area contributed by atoms with Crippen molar-refractivity contribution < 1.29 is 33.4 Å². The first-order valence-electron chi connectivity index (χ1n) is 8.68. The van der Waals surface area contributed by atoms with Gasteiger partial charge in [0.05, 0.1) is 12.7 Å². The molecule has 0 radical (unpaired) electrons. The summed E-state index contributed by atoms with van der Waals surface area (Å²) < 4.78 is 14.8. The van der Waals surface area contributed by atoms with Crippen LogP contribution in [-0.2, 0) is 19.1 Å². The summed E-state index contributed by atoms with van der Waals surface area (Å²) in [5.41, 5.74) is 1.88. The summed E-state index contributed by atoms with van der Waals surface area (Å²) in [7, 11) is 1.26. The predicted octanol–water partition coefficient (Wildman–Crippen LogP) is 2.54. The maximum atomic E-state index is 12.0. The molecule has 0 atom stereocenters. The third kappa shape index (κ3) is 6.46. The van der Waals surface area contributed by atoms with Crippen molar-refractivity contribution in [2.24, 2.45) is 0 Å². The lowest BCUT2D eigenvalue weighted by Gasteiger charge is -2.11. The van der Waals surface area contributed by atoms with Gasteiger partial charge in [-0.3, -0.25) is 9.59 Å². The zero-order valence-electron chi connectivity index (χ0n) is 16.3. The number of methoxy groups -OCH3 is 1. The van der Waals surface area contributed by atoms with Crippen molar-refractivity contribution in [2.75, 3.05) is 25.6 Å². The van der Waals surface area contributed by atoms with Gasteiger partial charge in [-0.25, -0.2) is 9.59 Å². The van der Waals surface area contributed by atoms with Crippen molar-refractivity contribution in [3.05, 3.63) is 59.2 Å². The van der Waals surface area contributed by atoms with E-state index < -0.39 is 31.1 Å². The second-order valence-corrected chi connectivity index (χ2v) is 6.10. The molecule has 2 aromatic rings. The van der Waals surface area contributed by atoms with Gasteiger partial charge in [0, 0.05) is 11.3 Å². The van der Waals surface area contributed by atoms with Crippen LogP contribution in [0.15, 0.2) is 42.5 Å². The summed E-state index contributed by atoms with van der Waals surface area (Å²) in [6, 6.07) is 11.1. The van der Waals surface area contributed by atoms with Gasteiger partial charge in [0.1, 0.15) is 5.75 Å². The Morgan fingerprint density at radius 3 is 2.41 bits per heavy atom. The second-order valence-electron chi connectivity index (χ2n) is 6.10. The van der Waals surface area contributed by atoms with Crippen LogP contribution < -0.4 is 10.1 Å². The molecule has 0 aliphatic rings. The molecule has 2 rings (SSSR count). The van der Waals surface area contributed by atoms with E-state index in [2.05, 4.69) is 10.1 Å². The summed E-state index contributed by atoms with van der Waals surface area (Å²) in [6.45, 7) is 2.25. The van der Waals surface area contributed by atoms with Gasteiger partial charge in [-0.2, -0.15) is 0 Å². The lowest BCUT2D eigenvalue weighted by Crippen LogP contribution is -2.24. The molecule has 0 unspecified atom stereocenters. The Morgan fingerprint density at radius 2 is 1.72 bits per heavy atom. The molecule has 0 spiro atoms. The number of amides is 1. The fraction of sp³-hybridized carbons (Fsp3) is 0.238. The van der Waals surface area contributed by atoms with Gasteiger partial charge < -0.3 is 19.5 Å². The number of esters is 2. The highest BCUT2D eigenvalue weighted by Crippen LogP contribution is 2.17. The molecule has 1 amide bonds. The van der Waals surface area contributed by atoms with E-state index in [9.17, 15) is 19.2 Å². The first-order valence-corrected chi connectivity index (χ1v) is 8.68. The molecule has 0 aromatic heterocycles. The number of carbonyl (C=O) groups excluding carboxylic acids is 4. The highest BCUT2D eigenvalue weighted by molar-refractivity contribution is 5.96. The van der Waals surface area contributed by atoms with Crippen molar-refractivity contribution in [2.45, 2.75) is 13.8 Å². The lowest BCUT2D eigenvalue weighted by molar-refractivity contribution is -0.149. The Labute approximate surface area is 167 Å². The van der Waals surface area contributed by atoms with Crippen LogP contribution in [0.4, 0.5) is 5.69 Å². The molecule has 1 N–H and O–H groups in total. The summed E-state index contributed by atoms with van der Waals surface area (Å²) in [4.78, 5) is 46.8. The molecule has 0 saturated heterocycles. The van der Waals surface area contributed by atoms with Crippen molar-refractivity contribution in [1.29, 1.82) is 0 Å². The van der Waals surface area contributed by atoms with E-state index in [1.807, 2.05) is 0 Å². The van der Waals surface area contributed by atoms with Crippen LogP contribution in [0.5, 0.6) is 5.75 Å². The highest BCUT2D eigenvalue weighted by atomic mass is 16.6. The molecule has 0 fully saturated rings. The standard InChI is InChI=1S/C21H21NO7/c1-13-7-8-16(21(26)27-3)10-18(13)22-19(24)11-29-20(25)12-28-17-6-4-5-15(9-17)14(2)23/h4-10H,11-12H2,1-3H3,(H,22,24). The normalized spacial score (nSPS) is 10.0. The number of anilines is 1. The van der Waals surface area contributed by atoms with Crippen molar-refractivity contribution in [1.82, 2.24) is 0 Å². The van der Waals surface area contributed by atoms with Crippen molar-refractivity contribution in [3.63, 3.8) is 0 Å². The minimum Gasteiger partial charge on any atom is -0.482 e. The Balaban J connectivity index is 1.84. The Hall–Kier alpha value is -3.68. The molecule has 29 heavy (non-hydrogen) atoms. The molecular formula is C21H21NO7. The molecule has 8 nitrogen and oxygen atoms in total. The average Bonchev–Trinajstić information content (AvgIpc) is 2.71. The molecule has 0 aliphatic heterocycles. The monoisotopic (exact) mass is 399 g/mol. The number of carbonyl (C=O) groups is 4. The number of aryl methyl sites for hydroxylation is 1. The van der Waals surface area contributed by atoms with Crippen LogP contribution in [-0.4, -0.2) is 44.0 Å². The largest absolute Gasteiger partial charge is 0.482 e. The predicted molar refractivity (Wildman–Crippen MR) is 104 cm³/mol. The Bertz CT molecular complexity index is 936. The molecule has 0 aliphatic carbocycles. The fourth-order valence-corrected chi connectivity index (χ4v) is 2.32. The summed E-state index contributed by atoms with van der Waals surface area (Å²) in [5.74, 6) is -1.62. The van der Waals surface area contributed by atoms with E-state index in [0.717, 1.165) is 5.56 Å². The van der Waals surface area contributed by atoms with Gasteiger partial charge >= 0.3 is 11.9 Å². The van der Waals surface area contributed by atoms with Crippen LogP contribution in [0.1, 0.15) is 33.2 Å². The average molecular weight is 399 g/mol. The van der Waals surface area contributed by atoms with Gasteiger partial charge in [-0.05, 0) is 43.7 Å². The minimum atomic E-state index is -0.742. The van der Waals surface area contributed by atoms with Crippen LogP contribution in [0.25, 0.3) is 0 Å². The van der Waals surface area contributed by atoms with Gasteiger partial charge in [0.2, 0.25) is 0 Å². The second kappa shape index (κ2) is 10.0. The van der Waals surface area contributed by atoms with E-state index >= 15 is 0 Å². The van der Waals surface area contributed by atoms with Crippen LogP contribution in [0.2, 0.25) is 0 Å². The highest BCUT2D eigenvalue weighted by Gasteiger charge is 2.13. The quantitative estimate of drug-likeness (QED) is 0.537. The number of nitrogens with one attached hydrogen (secondary N) is 1. The van der Waals surface area contributed by atoms with E-state index in [1.54, 1.807) is 37.3 Å². The minimum absolute atomic E-state index is 0.124. The molecule has 0 saturated carbocycles.